The molecular weight excluding hydrogens is 308 g/mol. The van der Waals surface area contributed by atoms with Gasteiger partial charge in [-0.05, 0) is 57.4 Å². The van der Waals surface area contributed by atoms with E-state index < -0.39 is 5.60 Å². The van der Waals surface area contributed by atoms with Crippen molar-refractivity contribution in [2.24, 2.45) is 5.92 Å². The summed E-state index contributed by atoms with van der Waals surface area (Å²) in [6.45, 7) is 7.38. The van der Waals surface area contributed by atoms with Gasteiger partial charge in [-0.2, -0.15) is 0 Å². The molecule has 0 aliphatic heterocycles. The maximum absolute atomic E-state index is 11.8. The highest BCUT2D eigenvalue weighted by Crippen LogP contribution is 2.24. The van der Waals surface area contributed by atoms with E-state index in [-0.39, 0.29) is 6.09 Å². The maximum atomic E-state index is 11.8. The van der Waals surface area contributed by atoms with Gasteiger partial charge in [0.1, 0.15) is 5.60 Å². The number of alkyl carbamates (subject to hydrolysis) is 1. The summed E-state index contributed by atoms with van der Waals surface area (Å²) < 4.78 is 5.33. The molecule has 0 bridgehead atoms. The topological polar surface area (TPSA) is 50.4 Å². The van der Waals surface area contributed by atoms with Crippen molar-refractivity contribution >= 4 is 17.4 Å². The number of hydrogen-bond acceptors (Lipinski definition) is 4. The molecule has 2 unspecified atom stereocenters. The van der Waals surface area contributed by atoms with Crippen LogP contribution >= 0.6 is 11.3 Å². The minimum atomic E-state index is -0.436. The molecule has 1 aliphatic rings. The predicted octanol–water partition coefficient (Wildman–Crippen LogP) is 3.96. The molecular formula is C18H30N2O2S. The van der Waals surface area contributed by atoms with Crippen LogP contribution in [0.25, 0.3) is 0 Å². The van der Waals surface area contributed by atoms with Gasteiger partial charge in [0.25, 0.3) is 0 Å². The molecule has 2 atom stereocenters. The lowest BCUT2D eigenvalue weighted by Gasteiger charge is -2.32. The monoisotopic (exact) mass is 338 g/mol. The average molecular weight is 339 g/mol. The third-order valence-corrected chi connectivity index (χ3v) is 5.11. The first-order valence-electron chi connectivity index (χ1n) is 8.66. The summed E-state index contributed by atoms with van der Waals surface area (Å²) in [6.07, 6.45) is 5.68. The van der Waals surface area contributed by atoms with Gasteiger partial charge in [0.05, 0.1) is 0 Å². The fourth-order valence-corrected chi connectivity index (χ4v) is 3.79. The first-order chi connectivity index (χ1) is 10.9. The van der Waals surface area contributed by atoms with E-state index in [9.17, 15) is 4.79 Å². The number of carbonyl (C=O) groups excluding carboxylic acids is 1. The van der Waals surface area contributed by atoms with Crippen LogP contribution in [0.1, 0.15) is 51.3 Å². The van der Waals surface area contributed by atoms with Crippen molar-refractivity contribution in [2.45, 2.75) is 64.5 Å². The highest BCUT2D eigenvalue weighted by molar-refractivity contribution is 7.09. The minimum Gasteiger partial charge on any atom is -0.444 e. The summed E-state index contributed by atoms with van der Waals surface area (Å²) in [5.41, 5.74) is -0.436. The number of carbonyl (C=O) groups is 1. The normalized spacial score (nSPS) is 21.9. The van der Waals surface area contributed by atoms with Crippen molar-refractivity contribution < 1.29 is 9.53 Å². The van der Waals surface area contributed by atoms with Gasteiger partial charge < -0.3 is 15.4 Å². The Labute approximate surface area is 144 Å². The van der Waals surface area contributed by atoms with Gasteiger partial charge >= 0.3 is 6.09 Å². The molecule has 0 saturated heterocycles. The number of amides is 1. The van der Waals surface area contributed by atoms with Gasteiger partial charge in [0.15, 0.2) is 0 Å². The predicted molar refractivity (Wildman–Crippen MR) is 96.0 cm³/mol. The van der Waals surface area contributed by atoms with E-state index in [1.807, 2.05) is 32.1 Å². The Morgan fingerprint density at radius 2 is 2.13 bits per heavy atom. The molecule has 1 heterocycles. The van der Waals surface area contributed by atoms with Crippen LogP contribution in [-0.2, 0) is 11.2 Å². The van der Waals surface area contributed by atoms with E-state index >= 15 is 0 Å². The van der Waals surface area contributed by atoms with Gasteiger partial charge in [0, 0.05) is 24.0 Å². The maximum Gasteiger partial charge on any atom is 0.407 e. The van der Waals surface area contributed by atoms with Gasteiger partial charge in [0.2, 0.25) is 0 Å². The van der Waals surface area contributed by atoms with E-state index in [1.54, 1.807) is 0 Å². The summed E-state index contributed by atoms with van der Waals surface area (Å²) in [7, 11) is 0. The number of thiophene rings is 1. The molecule has 1 amide bonds. The van der Waals surface area contributed by atoms with Crippen LogP contribution in [0.15, 0.2) is 17.5 Å². The van der Waals surface area contributed by atoms with Crippen molar-refractivity contribution in [1.82, 2.24) is 10.6 Å². The van der Waals surface area contributed by atoms with Crippen molar-refractivity contribution in [2.75, 3.05) is 13.1 Å². The zero-order chi connectivity index (χ0) is 16.7. The van der Waals surface area contributed by atoms with Crippen LogP contribution in [0.2, 0.25) is 0 Å². The fraction of sp³-hybridized carbons (Fsp3) is 0.722. The van der Waals surface area contributed by atoms with Gasteiger partial charge in [-0.3, -0.25) is 0 Å². The molecule has 0 spiro atoms. The highest BCUT2D eigenvalue weighted by Gasteiger charge is 2.25. The van der Waals surface area contributed by atoms with Crippen molar-refractivity contribution in [3.8, 4) is 0 Å². The summed E-state index contributed by atoms with van der Waals surface area (Å²) >= 11 is 1.82. The van der Waals surface area contributed by atoms with Crippen molar-refractivity contribution in [3.63, 3.8) is 0 Å². The largest absolute Gasteiger partial charge is 0.444 e. The van der Waals surface area contributed by atoms with E-state index in [2.05, 4.69) is 28.1 Å². The molecule has 2 N–H and O–H groups in total. The molecule has 2 rings (SSSR count). The summed E-state index contributed by atoms with van der Waals surface area (Å²) in [5.74, 6) is 0.500. The SMILES string of the molecule is CC(C)(C)OC(=O)NCC1CCCCC1NCCc1cccs1. The molecule has 1 saturated carbocycles. The Morgan fingerprint density at radius 3 is 2.83 bits per heavy atom. The Balaban J connectivity index is 1.73. The second-order valence-corrected chi connectivity index (χ2v) is 8.35. The number of ether oxygens (including phenoxy) is 1. The fourth-order valence-electron chi connectivity index (χ4n) is 3.08. The number of hydrogen-bond donors (Lipinski definition) is 2. The first kappa shape index (κ1) is 18.3. The molecule has 23 heavy (non-hydrogen) atoms. The summed E-state index contributed by atoms with van der Waals surface area (Å²) in [5, 5.41) is 8.77. The van der Waals surface area contributed by atoms with E-state index in [0.29, 0.717) is 18.5 Å². The number of nitrogens with one attached hydrogen (secondary N) is 2. The quantitative estimate of drug-likeness (QED) is 0.825. The standard InChI is InChI=1S/C18H30N2O2S/c1-18(2,3)22-17(21)20-13-14-7-4-5-9-16(14)19-11-10-15-8-6-12-23-15/h6,8,12,14,16,19H,4-5,7,9-11,13H2,1-3H3,(H,20,21). The molecule has 1 aromatic rings. The van der Waals surface area contributed by atoms with Crippen LogP contribution in [-0.4, -0.2) is 30.8 Å². The Hall–Kier alpha value is -1.07. The lowest BCUT2D eigenvalue weighted by Crippen LogP contribution is -2.45. The second-order valence-electron chi connectivity index (χ2n) is 7.32. The lowest BCUT2D eigenvalue weighted by atomic mass is 9.84. The Kier molecular flexibility index (Phi) is 6.90. The second kappa shape index (κ2) is 8.69. The molecule has 130 valence electrons. The Morgan fingerprint density at radius 1 is 1.35 bits per heavy atom. The van der Waals surface area contributed by atoms with E-state index in [0.717, 1.165) is 13.0 Å². The average Bonchev–Trinajstić information content (AvgIpc) is 2.98. The van der Waals surface area contributed by atoms with Crippen LogP contribution < -0.4 is 10.6 Å². The van der Waals surface area contributed by atoms with Gasteiger partial charge in [-0.1, -0.05) is 18.9 Å². The third kappa shape index (κ3) is 6.92. The number of rotatable bonds is 6. The molecule has 4 nitrogen and oxygen atoms in total. The zero-order valence-corrected chi connectivity index (χ0v) is 15.4. The van der Waals surface area contributed by atoms with Gasteiger partial charge in [-0.25, -0.2) is 4.79 Å². The molecule has 0 radical (unpaired) electrons. The Bertz CT molecular complexity index is 468. The van der Waals surface area contributed by atoms with Crippen molar-refractivity contribution in [3.05, 3.63) is 22.4 Å². The van der Waals surface area contributed by atoms with Crippen LogP contribution in [0, 0.1) is 5.92 Å². The van der Waals surface area contributed by atoms with E-state index in [1.165, 1.54) is 30.6 Å². The van der Waals surface area contributed by atoms with Crippen LogP contribution in [0.3, 0.4) is 0 Å². The van der Waals surface area contributed by atoms with Gasteiger partial charge in [-0.15, -0.1) is 11.3 Å². The summed E-state index contributed by atoms with van der Waals surface area (Å²) in [4.78, 5) is 13.3. The molecule has 1 aliphatic carbocycles. The molecule has 0 aromatic carbocycles. The molecule has 5 heteroatoms. The van der Waals surface area contributed by atoms with Crippen LogP contribution in [0.5, 0.6) is 0 Å². The lowest BCUT2D eigenvalue weighted by molar-refractivity contribution is 0.0511. The zero-order valence-electron chi connectivity index (χ0n) is 14.6. The van der Waals surface area contributed by atoms with E-state index in [4.69, 9.17) is 4.74 Å². The molecule has 1 fully saturated rings. The van der Waals surface area contributed by atoms with Crippen molar-refractivity contribution in [1.29, 1.82) is 0 Å². The minimum absolute atomic E-state index is 0.305. The smallest absolute Gasteiger partial charge is 0.407 e. The first-order valence-corrected chi connectivity index (χ1v) is 9.54. The van der Waals surface area contributed by atoms with Crippen LogP contribution in [0.4, 0.5) is 4.79 Å². The molecule has 1 aromatic heterocycles. The summed E-state index contributed by atoms with van der Waals surface area (Å²) in [6, 6.07) is 4.79. The highest BCUT2D eigenvalue weighted by atomic mass is 32.1. The third-order valence-electron chi connectivity index (χ3n) is 4.17.